The van der Waals surface area contributed by atoms with Gasteiger partial charge in [0.2, 0.25) is 0 Å². The highest BCUT2D eigenvalue weighted by atomic mass is 16.5. The van der Waals surface area contributed by atoms with E-state index in [1.165, 1.54) is 12.5 Å². The number of hydrogen-bond donors (Lipinski definition) is 0. The summed E-state index contributed by atoms with van der Waals surface area (Å²) < 4.78 is 5.94. The van der Waals surface area contributed by atoms with Crippen molar-refractivity contribution in [2.75, 3.05) is 0 Å². The van der Waals surface area contributed by atoms with Crippen molar-refractivity contribution < 1.29 is 19.1 Å². The monoisotopic (exact) mass is 372 g/mol. The van der Waals surface area contributed by atoms with Gasteiger partial charge in [0.25, 0.3) is 0 Å². The highest BCUT2D eigenvalue weighted by Gasteiger charge is 2.63. The van der Waals surface area contributed by atoms with Crippen LogP contribution >= 0.6 is 0 Å². The first-order chi connectivity index (χ1) is 12.7. The molecule has 3 fully saturated rings. The van der Waals surface area contributed by atoms with Crippen molar-refractivity contribution >= 4 is 17.5 Å². The molecule has 0 spiro atoms. The molecule has 0 bridgehead atoms. The van der Waals surface area contributed by atoms with Crippen LogP contribution in [0.15, 0.2) is 11.6 Å². The van der Waals surface area contributed by atoms with Crippen molar-refractivity contribution in [1.29, 1.82) is 0 Å². The number of carbonyl (C=O) groups excluding carboxylic acids is 3. The number of allylic oxidation sites excluding steroid dienone is 1. The van der Waals surface area contributed by atoms with E-state index in [1.807, 2.05) is 6.08 Å². The molecule has 0 aromatic heterocycles. The van der Waals surface area contributed by atoms with Gasteiger partial charge in [0, 0.05) is 25.2 Å². The molecule has 7 atom stereocenters. The number of fused-ring (bicyclic) bond motifs is 5. The van der Waals surface area contributed by atoms with Crippen molar-refractivity contribution in [1.82, 2.24) is 0 Å². The Morgan fingerprint density at radius 1 is 1.11 bits per heavy atom. The lowest BCUT2D eigenvalue weighted by Crippen LogP contribution is -2.57. The summed E-state index contributed by atoms with van der Waals surface area (Å²) in [6.07, 6.45) is 8.02. The summed E-state index contributed by atoms with van der Waals surface area (Å²) in [6.45, 7) is 7.77. The van der Waals surface area contributed by atoms with Gasteiger partial charge in [0.15, 0.2) is 5.78 Å². The largest absolute Gasteiger partial charge is 0.462 e. The Labute approximate surface area is 162 Å². The normalized spacial score (nSPS) is 46.0. The minimum Gasteiger partial charge on any atom is -0.462 e. The van der Waals surface area contributed by atoms with Crippen LogP contribution in [-0.4, -0.2) is 23.6 Å². The SMILES string of the molecule is CC(=O)O[C@H]1C[C@]2(C)[C@H](CC[C@H]2C(C)=O)[C@H]2CCC3=CC(=O)CC[C@@]3(C)[C@@H]21. The zero-order chi connectivity index (χ0) is 19.6. The average molecular weight is 373 g/mol. The van der Waals surface area contributed by atoms with Gasteiger partial charge in [-0.3, -0.25) is 14.4 Å². The van der Waals surface area contributed by atoms with Gasteiger partial charge in [-0.1, -0.05) is 19.4 Å². The summed E-state index contributed by atoms with van der Waals surface area (Å²) in [5, 5.41) is 0. The van der Waals surface area contributed by atoms with E-state index in [2.05, 4.69) is 13.8 Å². The third-order valence-electron chi connectivity index (χ3n) is 8.68. The molecule has 0 aromatic rings. The summed E-state index contributed by atoms with van der Waals surface area (Å²) in [4.78, 5) is 36.4. The minimum atomic E-state index is -0.232. The van der Waals surface area contributed by atoms with E-state index in [0.717, 1.165) is 38.5 Å². The standard InChI is InChI=1S/C23H32O4/c1-13(24)18-7-8-19-17-6-5-15-11-16(26)9-10-22(15,3)21(17)20(27-14(2)25)12-23(18,19)4/h11,17-21H,5-10,12H2,1-4H3/t17-,18+,19-,20+,21+,22-,23+/m1/s1. The number of hydrogen-bond acceptors (Lipinski definition) is 4. The molecule has 4 aliphatic rings. The number of ether oxygens (including phenoxy) is 1. The molecule has 0 aromatic carbocycles. The van der Waals surface area contributed by atoms with E-state index in [0.29, 0.717) is 18.3 Å². The molecule has 0 unspecified atom stereocenters. The summed E-state index contributed by atoms with van der Waals surface area (Å²) in [5.41, 5.74) is 1.13. The Bertz CT molecular complexity index is 722. The lowest BCUT2D eigenvalue weighted by Gasteiger charge is -2.60. The van der Waals surface area contributed by atoms with Crippen molar-refractivity contribution in [2.45, 2.75) is 78.7 Å². The van der Waals surface area contributed by atoms with Crippen LogP contribution in [0.3, 0.4) is 0 Å². The smallest absolute Gasteiger partial charge is 0.302 e. The summed E-state index contributed by atoms with van der Waals surface area (Å²) in [5.74, 6) is 1.61. The maximum atomic E-state index is 12.4. The molecule has 4 rings (SSSR count). The van der Waals surface area contributed by atoms with E-state index < -0.39 is 0 Å². The van der Waals surface area contributed by atoms with Crippen molar-refractivity contribution in [3.8, 4) is 0 Å². The van der Waals surface area contributed by atoms with E-state index in [4.69, 9.17) is 4.74 Å². The quantitative estimate of drug-likeness (QED) is 0.679. The predicted octanol–water partition coefficient (Wildman–Crippen LogP) is 4.27. The summed E-state index contributed by atoms with van der Waals surface area (Å²) in [6, 6.07) is 0. The number of ketones is 2. The molecular weight excluding hydrogens is 340 g/mol. The fourth-order valence-electron chi connectivity index (χ4n) is 7.64. The molecule has 0 aliphatic heterocycles. The van der Waals surface area contributed by atoms with Crippen LogP contribution in [0.5, 0.6) is 0 Å². The second-order valence-corrected chi connectivity index (χ2v) is 9.99. The van der Waals surface area contributed by atoms with Crippen LogP contribution in [0.4, 0.5) is 0 Å². The van der Waals surface area contributed by atoms with Gasteiger partial charge in [-0.15, -0.1) is 0 Å². The van der Waals surface area contributed by atoms with Gasteiger partial charge < -0.3 is 4.74 Å². The molecule has 3 saturated carbocycles. The first kappa shape index (κ1) is 18.9. The summed E-state index contributed by atoms with van der Waals surface area (Å²) >= 11 is 0. The van der Waals surface area contributed by atoms with Gasteiger partial charge >= 0.3 is 5.97 Å². The van der Waals surface area contributed by atoms with Gasteiger partial charge in [-0.25, -0.2) is 0 Å². The maximum absolute atomic E-state index is 12.4. The van der Waals surface area contributed by atoms with Crippen molar-refractivity contribution in [3.05, 3.63) is 11.6 Å². The molecule has 148 valence electrons. The molecule has 4 nitrogen and oxygen atoms in total. The third kappa shape index (κ3) is 2.74. The highest BCUT2D eigenvalue weighted by molar-refractivity contribution is 5.91. The molecule has 27 heavy (non-hydrogen) atoms. The van der Waals surface area contributed by atoms with Crippen LogP contribution in [0.25, 0.3) is 0 Å². The Kier molecular flexibility index (Phi) is 4.40. The van der Waals surface area contributed by atoms with Gasteiger partial charge in [-0.2, -0.15) is 0 Å². The molecular formula is C23H32O4. The van der Waals surface area contributed by atoms with E-state index in [-0.39, 0.29) is 46.3 Å². The maximum Gasteiger partial charge on any atom is 0.302 e. The fourth-order valence-corrected chi connectivity index (χ4v) is 7.64. The van der Waals surface area contributed by atoms with Crippen LogP contribution in [-0.2, 0) is 19.1 Å². The minimum absolute atomic E-state index is 0.0629. The topological polar surface area (TPSA) is 60.4 Å². The first-order valence-corrected chi connectivity index (χ1v) is 10.6. The number of carbonyl (C=O) groups is 3. The molecule has 0 saturated heterocycles. The van der Waals surface area contributed by atoms with Crippen LogP contribution in [0.1, 0.15) is 72.6 Å². The number of esters is 1. The van der Waals surface area contributed by atoms with Gasteiger partial charge in [0.1, 0.15) is 11.9 Å². The Hall–Kier alpha value is -1.45. The number of Topliss-reactive ketones (excluding diaryl/α,β-unsaturated/α-hetero) is 1. The Balaban J connectivity index is 1.77. The average Bonchev–Trinajstić information content (AvgIpc) is 2.91. The molecule has 0 heterocycles. The first-order valence-electron chi connectivity index (χ1n) is 10.6. The van der Waals surface area contributed by atoms with Crippen molar-refractivity contribution in [3.63, 3.8) is 0 Å². The zero-order valence-corrected chi connectivity index (χ0v) is 17.0. The second-order valence-electron chi connectivity index (χ2n) is 9.99. The molecule has 0 radical (unpaired) electrons. The van der Waals surface area contributed by atoms with Crippen LogP contribution in [0, 0.1) is 34.5 Å². The summed E-state index contributed by atoms with van der Waals surface area (Å²) in [7, 11) is 0. The zero-order valence-electron chi connectivity index (χ0n) is 17.0. The van der Waals surface area contributed by atoms with E-state index in [9.17, 15) is 14.4 Å². The van der Waals surface area contributed by atoms with Gasteiger partial charge in [0.05, 0.1) is 0 Å². The molecule has 4 heteroatoms. The second kappa shape index (κ2) is 6.28. The van der Waals surface area contributed by atoms with E-state index in [1.54, 1.807) is 6.92 Å². The highest BCUT2D eigenvalue weighted by Crippen LogP contribution is 2.67. The lowest BCUT2D eigenvalue weighted by atomic mass is 9.46. The Morgan fingerprint density at radius 3 is 2.52 bits per heavy atom. The van der Waals surface area contributed by atoms with Crippen molar-refractivity contribution in [2.24, 2.45) is 34.5 Å². The fraction of sp³-hybridized carbons (Fsp3) is 0.783. The number of rotatable bonds is 2. The van der Waals surface area contributed by atoms with Crippen LogP contribution in [0.2, 0.25) is 0 Å². The van der Waals surface area contributed by atoms with E-state index >= 15 is 0 Å². The predicted molar refractivity (Wildman–Crippen MR) is 102 cm³/mol. The lowest BCUT2D eigenvalue weighted by molar-refractivity contribution is -0.176. The molecule has 0 amide bonds. The molecule has 4 aliphatic carbocycles. The third-order valence-corrected chi connectivity index (χ3v) is 8.68. The van der Waals surface area contributed by atoms with Gasteiger partial charge in [-0.05, 0) is 74.2 Å². The van der Waals surface area contributed by atoms with Crippen LogP contribution < -0.4 is 0 Å². The molecule has 0 N–H and O–H groups in total. The Morgan fingerprint density at radius 2 is 1.85 bits per heavy atom.